The highest BCUT2D eigenvalue weighted by Crippen LogP contribution is 2.29. The van der Waals surface area contributed by atoms with Crippen molar-refractivity contribution in [2.45, 2.75) is 0 Å². The number of rotatable bonds is 4. The zero-order valence-electron chi connectivity index (χ0n) is 11.0. The normalized spacial score (nSPS) is 10.1. The first kappa shape index (κ1) is 14.1. The number of para-hydroxylation sites is 2. The molecule has 0 spiro atoms. The summed E-state index contributed by atoms with van der Waals surface area (Å²) in [6.07, 6.45) is 0. The summed E-state index contributed by atoms with van der Waals surface area (Å²) in [7, 11) is 3.16. The number of hydrogen-bond donors (Lipinski definition) is 1. The fourth-order valence-electron chi connectivity index (χ4n) is 1.75. The summed E-state index contributed by atoms with van der Waals surface area (Å²) in [6, 6.07) is 10.1. The molecule has 0 aliphatic heterocycles. The average molecular weight is 291 g/mol. The van der Waals surface area contributed by atoms with Crippen molar-refractivity contribution in [3.63, 3.8) is 0 Å². The molecule has 1 amide bonds. The van der Waals surface area contributed by atoms with Crippen LogP contribution >= 0.6 is 11.3 Å². The average Bonchev–Trinajstić information content (AvgIpc) is 2.95. The van der Waals surface area contributed by atoms with Crippen molar-refractivity contribution in [3.05, 3.63) is 46.2 Å². The fourth-order valence-corrected chi connectivity index (χ4v) is 2.57. The predicted octanol–water partition coefficient (Wildman–Crippen LogP) is 2.73. The molecular weight excluding hydrogens is 278 g/mol. The Morgan fingerprint density at radius 3 is 2.40 bits per heavy atom. The lowest BCUT2D eigenvalue weighted by atomic mass is 10.2. The van der Waals surface area contributed by atoms with Gasteiger partial charge in [-0.25, -0.2) is 4.79 Å². The summed E-state index contributed by atoms with van der Waals surface area (Å²) >= 11 is 0.954. The monoisotopic (exact) mass is 291 g/mol. The van der Waals surface area contributed by atoms with Crippen LogP contribution in [0.2, 0.25) is 0 Å². The van der Waals surface area contributed by atoms with Gasteiger partial charge in [-0.1, -0.05) is 12.1 Å². The quantitative estimate of drug-likeness (QED) is 0.940. The van der Waals surface area contributed by atoms with Crippen LogP contribution in [0.3, 0.4) is 0 Å². The summed E-state index contributed by atoms with van der Waals surface area (Å²) in [5, 5.41) is 8.88. The van der Waals surface area contributed by atoms with Crippen LogP contribution in [0, 0.1) is 0 Å². The molecule has 6 heteroatoms. The SMILES string of the molecule is COc1ccccc1N(C)C(=O)c1ccc(C(=O)O)s1. The molecule has 1 N–H and O–H groups in total. The zero-order valence-corrected chi connectivity index (χ0v) is 11.8. The molecule has 2 rings (SSSR count). The molecule has 0 atom stereocenters. The molecule has 0 aliphatic rings. The van der Waals surface area contributed by atoms with Crippen LogP contribution in [-0.4, -0.2) is 31.1 Å². The van der Waals surface area contributed by atoms with Crippen molar-refractivity contribution in [1.29, 1.82) is 0 Å². The van der Waals surface area contributed by atoms with Crippen LogP contribution in [0.25, 0.3) is 0 Å². The zero-order chi connectivity index (χ0) is 14.7. The molecule has 0 bridgehead atoms. The van der Waals surface area contributed by atoms with E-state index in [1.807, 2.05) is 6.07 Å². The van der Waals surface area contributed by atoms with Crippen LogP contribution in [0.4, 0.5) is 5.69 Å². The summed E-state index contributed by atoms with van der Waals surface area (Å²) in [5.74, 6) is -0.723. The van der Waals surface area contributed by atoms with Gasteiger partial charge in [0.05, 0.1) is 17.7 Å². The molecule has 1 heterocycles. The lowest BCUT2D eigenvalue weighted by molar-refractivity contribution is 0.0702. The van der Waals surface area contributed by atoms with Crippen molar-refractivity contribution in [3.8, 4) is 5.75 Å². The van der Waals surface area contributed by atoms with Gasteiger partial charge in [0.1, 0.15) is 10.6 Å². The van der Waals surface area contributed by atoms with Crippen LogP contribution in [0.1, 0.15) is 19.3 Å². The third-order valence-electron chi connectivity index (χ3n) is 2.78. The Bertz CT molecular complexity index is 650. The van der Waals surface area contributed by atoms with Gasteiger partial charge in [-0.2, -0.15) is 0 Å². The minimum Gasteiger partial charge on any atom is -0.495 e. The van der Waals surface area contributed by atoms with Gasteiger partial charge in [0.25, 0.3) is 5.91 Å². The third kappa shape index (κ3) is 2.65. The topological polar surface area (TPSA) is 66.8 Å². The highest BCUT2D eigenvalue weighted by molar-refractivity contribution is 7.16. The molecule has 0 saturated heterocycles. The smallest absolute Gasteiger partial charge is 0.345 e. The maximum Gasteiger partial charge on any atom is 0.345 e. The second kappa shape index (κ2) is 5.75. The van der Waals surface area contributed by atoms with Gasteiger partial charge in [-0.05, 0) is 24.3 Å². The van der Waals surface area contributed by atoms with Gasteiger partial charge in [0, 0.05) is 7.05 Å². The number of aromatic carboxylic acids is 1. The Hall–Kier alpha value is -2.34. The lowest BCUT2D eigenvalue weighted by Gasteiger charge is -2.19. The van der Waals surface area contributed by atoms with Crippen LogP contribution in [-0.2, 0) is 0 Å². The maximum absolute atomic E-state index is 12.3. The Balaban J connectivity index is 2.30. The summed E-state index contributed by atoms with van der Waals surface area (Å²) in [4.78, 5) is 25.1. The molecule has 0 saturated carbocycles. The van der Waals surface area contributed by atoms with Gasteiger partial charge < -0.3 is 14.7 Å². The first-order chi connectivity index (χ1) is 9.54. The molecule has 104 valence electrons. The standard InChI is InChI=1S/C14H13NO4S/c1-15(9-5-3-4-6-10(9)19-2)13(16)11-7-8-12(20-11)14(17)18/h3-8H,1-2H3,(H,17,18). The fraction of sp³-hybridized carbons (Fsp3) is 0.143. The third-order valence-corrected chi connectivity index (χ3v) is 3.84. The molecule has 0 radical (unpaired) electrons. The van der Waals surface area contributed by atoms with Gasteiger partial charge in [0.2, 0.25) is 0 Å². The van der Waals surface area contributed by atoms with E-state index in [0.29, 0.717) is 16.3 Å². The van der Waals surface area contributed by atoms with E-state index < -0.39 is 5.97 Å². The number of carbonyl (C=O) groups excluding carboxylic acids is 1. The highest BCUT2D eigenvalue weighted by atomic mass is 32.1. The van der Waals surface area contributed by atoms with E-state index in [2.05, 4.69) is 0 Å². The minimum atomic E-state index is -1.03. The second-order valence-corrected chi connectivity index (χ2v) is 5.09. The number of thiophene rings is 1. The molecular formula is C14H13NO4S. The Morgan fingerprint density at radius 2 is 1.80 bits per heavy atom. The highest BCUT2D eigenvalue weighted by Gasteiger charge is 2.19. The number of anilines is 1. The molecule has 1 aromatic heterocycles. The second-order valence-electron chi connectivity index (χ2n) is 4.01. The Morgan fingerprint density at radius 1 is 1.15 bits per heavy atom. The number of nitrogens with zero attached hydrogens (tertiary/aromatic N) is 1. The van der Waals surface area contributed by atoms with Crippen molar-refractivity contribution in [2.24, 2.45) is 0 Å². The van der Waals surface area contributed by atoms with Gasteiger partial charge in [-0.15, -0.1) is 11.3 Å². The molecule has 0 unspecified atom stereocenters. The number of ether oxygens (including phenoxy) is 1. The van der Waals surface area contributed by atoms with E-state index in [9.17, 15) is 9.59 Å². The van der Waals surface area contributed by atoms with Gasteiger partial charge in [0.15, 0.2) is 0 Å². The number of carboxylic acids is 1. The van der Waals surface area contributed by atoms with Crippen molar-refractivity contribution in [1.82, 2.24) is 0 Å². The van der Waals surface area contributed by atoms with Crippen molar-refractivity contribution >= 4 is 28.9 Å². The number of benzene rings is 1. The first-order valence-electron chi connectivity index (χ1n) is 5.78. The van der Waals surface area contributed by atoms with E-state index in [1.54, 1.807) is 25.2 Å². The summed E-state index contributed by atoms with van der Waals surface area (Å²) < 4.78 is 5.21. The number of amides is 1. The number of hydrogen-bond acceptors (Lipinski definition) is 4. The number of carbonyl (C=O) groups is 2. The van der Waals surface area contributed by atoms with Crippen molar-refractivity contribution in [2.75, 3.05) is 19.1 Å². The number of methoxy groups -OCH3 is 1. The van der Waals surface area contributed by atoms with Gasteiger partial charge >= 0.3 is 5.97 Å². The molecule has 0 fully saturated rings. The first-order valence-corrected chi connectivity index (χ1v) is 6.60. The van der Waals surface area contributed by atoms with Crippen molar-refractivity contribution < 1.29 is 19.4 Å². The van der Waals surface area contributed by atoms with Crippen LogP contribution in [0.5, 0.6) is 5.75 Å². The molecule has 5 nitrogen and oxygen atoms in total. The predicted molar refractivity (Wildman–Crippen MR) is 77.0 cm³/mol. The van der Waals surface area contributed by atoms with Gasteiger partial charge in [-0.3, -0.25) is 4.79 Å². The molecule has 1 aromatic carbocycles. The molecule has 20 heavy (non-hydrogen) atoms. The maximum atomic E-state index is 12.3. The van der Waals surface area contributed by atoms with Crippen LogP contribution < -0.4 is 9.64 Å². The minimum absolute atomic E-state index is 0.141. The Labute approximate surface area is 120 Å². The van der Waals surface area contributed by atoms with E-state index in [-0.39, 0.29) is 10.8 Å². The lowest BCUT2D eigenvalue weighted by Crippen LogP contribution is -2.25. The van der Waals surface area contributed by atoms with E-state index in [1.165, 1.54) is 24.1 Å². The van der Waals surface area contributed by atoms with E-state index >= 15 is 0 Å². The summed E-state index contributed by atoms with van der Waals surface area (Å²) in [6.45, 7) is 0. The van der Waals surface area contributed by atoms with E-state index in [4.69, 9.17) is 9.84 Å². The summed E-state index contributed by atoms with van der Waals surface area (Å²) in [5.41, 5.74) is 0.630. The van der Waals surface area contributed by atoms with Crippen LogP contribution in [0.15, 0.2) is 36.4 Å². The largest absolute Gasteiger partial charge is 0.495 e. The number of carboxylic acid groups (broad SMARTS) is 1. The Kier molecular flexibility index (Phi) is 4.05. The van der Waals surface area contributed by atoms with E-state index in [0.717, 1.165) is 11.3 Å². The molecule has 0 aliphatic carbocycles. The molecule has 2 aromatic rings.